The summed E-state index contributed by atoms with van der Waals surface area (Å²) in [6, 6.07) is 6.68. The third kappa shape index (κ3) is 3.97. The number of hydrogen-bond acceptors (Lipinski definition) is 3. The first-order valence-corrected chi connectivity index (χ1v) is 11.2. The Bertz CT molecular complexity index is 1230. The number of carbonyl (C=O) groups is 2. The molecule has 0 aliphatic heterocycles. The Hall–Kier alpha value is -2.57. The van der Waals surface area contributed by atoms with E-state index in [1.807, 2.05) is 0 Å². The summed E-state index contributed by atoms with van der Waals surface area (Å²) in [5.74, 6) is -3.60. The summed E-state index contributed by atoms with van der Waals surface area (Å²) in [6.45, 7) is 1.64. The van der Waals surface area contributed by atoms with Crippen LogP contribution in [0.4, 0.5) is 4.39 Å². The van der Waals surface area contributed by atoms with Crippen molar-refractivity contribution in [2.24, 2.45) is 5.92 Å². The number of aromatic nitrogens is 1. The van der Waals surface area contributed by atoms with E-state index in [0.717, 1.165) is 31.7 Å². The van der Waals surface area contributed by atoms with E-state index in [0.29, 0.717) is 23.1 Å². The van der Waals surface area contributed by atoms with Crippen LogP contribution in [0.1, 0.15) is 59.6 Å². The summed E-state index contributed by atoms with van der Waals surface area (Å²) in [6.07, 6.45) is 4.49. The Morgan fingerprint density at radius 3 is 2.47 bits per heavy atom. The molecule has 1 heterocycles. The van der Waals surface area contributed by atoms with Crippen LogP contribution in [-0.2, 0) is 4.79 Å². The third-order valence-corrected chi connectivity index (χ3v) is 7.12. The summed E-state index contributed by atoms with van der Waals surface area (Å²) in [5, 5.41) is 20.9. The van der Waals surface area contributed by atoms with Crippen molar-refractivity contribution in [3.8, 4) is 5.75 Å². The number of halogens is 3. The van der Waals surface area contributed by atoms with Gasteiger partial charge in [0, 0.05) is 22.7 Å². The largest absolute Gasteiger partial charge is 0.505 e. The average molecular weight is 478 g/mol. The van der Waals surface area contributed by atoms with Crippen molar-refractivity contribution in [2.45, 2.75) is 44.9 Å². The quantitative estimate of drug-likeness (QED) is 0.437. The number of aliphatic carboxylic acids is 1. The van der Waals surface area contributed by atoms with Gasteiger partial charge in [-0.1, -0.05) is 48.9 Å². The maximum atomic E-state index is 14.3. The van der Waals surface area contributed by atoms with Gasteiger partial charge in [-0.05, 0) is 49.1 Å². The van der Waals surface area contributed by atoms with Gasteiger partial charge in [0.05, 0.1) is 21.5 Å². The van der Waals surface area contributed by atoms with Crippen LogP contribution in [0, 0.1) is 18.7 Å². The molecule has 1 fully saturated rings. The van der Waals surface area contributed by atoms with E-state index in [1.165, 1.54) is 28.8 Å². The predicted molar refractivity (Wildman–Crippen MR) is 121 cm³/mol. The molecule has 1 aliphatic rings. The van der Waals surface area contributed by atoms with E-state index in [2.05, 4.69) is 0 Å². The number of nitrogens with zero attached hydrogens (tertiary/aromatic N) is 1. The Labute approximate surface area is 194 Å². The summed E-state index contributed by atoms with van der Waals surface area (Å²) in [7, 11) is 0. The highest BCUT2D eigenvalue weighted by atomic mass is 35.5. The molecule has 168 valence electrons. The Morgan fingerprint density at radius 2 is 1.84 bits per heavy atom. The van der Waals surface area contributed by atoms with E-state index < -0.39 is 29.4 Å². The SMILES string of the molecule is Cc1c([C@H](CC2CCCC2)C(=O)O)c2cc(O)c(F)cc2n1C(=O)c1ccc(Cl)c(Cl)c1. The maximum absolute atomic E-state index is 14.3. The topological polar surface area (TPSA) is 79.5 Å². The fourth-order valence-electron chi connectivity index (χ4n) is 4.83. The second kappa shape index (κ2) is 8.75. The molecule has 4 rings (SSSR count). The van der Waals surface area contributed by atoms with Gasteiger partial charge in [-0.3, -0.25) is 14.2 Å². The zero-order valence-electron chi connectivity index (χ0n) is 17.4. The smallest absolute Gasteiger partial charge is 0.311 e. The van der Waals surface area contributed by atoms with Gasteiger partial charge in [0.15, 0.2) is 11.6 Å². The van der Waals surface area contributed by atoms with Gasteiger partial charge in [-0.25, -0.2) is 4.39 Å². The van der Waals surface area contributed by atoms with Crippen molar-refractivity contribution >= 4 is 46.0 Å². The molecule has 32 heavy (non-hydrogen) atoms. The molecule has 0 spiro atoms. The molecule has 2 N–H and O–H groups in total. The number of carboxylic acid groups (broad SMARTS) is 1. The summed E-state index contributed by atoms with van der Waals surface area (Å²) in [4.78, 5) is 25.7. The van der Waals surface area contributed by atoms with Crippen LogP contribution >= 0.6 is 23.2 Å². The fourth-order valence-corrected chi connectivity index (χ4v) is 5.13. The number of carboxylic acids is 1. The first-order valence-electron chi connectivity index (χ1n) is 10.4. The van der Waals surface area contributed by atoms with Gasteiger partial charge in [0.2, 0.25) is 0 Å². The minimum Gasteiger partial charge on any atom is -0.505 e. The molecule has 1 atom stereocenters. The van der Waals surface area contributed by atoms with Crippen LogP contribution in [0.15, 0.2) is 30.3 Å². The van der Waals surface area contributed by atoms with Crippen molar-refractivity contribution in [2.75, 3.05) is 0 Å². The van der Waals surface area contributed by atoms with Gasteiger partial charge in [0.1, 0.15) is 0 Å². The van der Waals surface area contributed by atoms with E-state index in [4.69, 9.17) is 23.2 Å². The number of fused-ring (bicyclic) bond motifs is 1. The first kappa shape index (κ1) is 22.6. The van der Waals surface area contributed by atoms with Gasteiger partial charge in [-0.15, -0.1) is 0 Å². The molecule has 0 bridgehead atoms. The average Bonchev–Trinajstić information content (AvgIpc) is 3.34. The van der Waals surface area contributed by atoms with Gasteiger partial charge < -0.3 is 10.2 Å². The highest BCUT2D eigenvalue weighted by Gasteiger charge is 2.33. The highest BCUT2D eigenvalue weighted by molar-refractivity contribution is 6.42. The predicted octanol–water partition coefficient (Wildman–Crippen LogP) is 6.54. The van der Waals surface area contributed by atoms with Gasteiger partial charge in [-0.2, -0.15) is 0 Å². The van der Waals surface area contributed by atoms with Crippen molar-refractivity contribution in [1.29, 1.82) is 0 Å². The third-order valence-electron chi connectivity index (χ3n) is 6.38. The van der Waals surface area contributed by atoms with Gasteiger partial charge >= 0.3 is 5.97 Å². The number of rotatable bonds is 5. The van der Waals surface area contributed by atoms with Crippen molar-refractivity contribution in [1.82, 2.24) is 4.57 Å². The molecule has 0 saturated heterocycles. The first-order chi connectivity index (χ1) is 15.2. The minimum absolute atomic E-state index is 0.195. The van der Waals surface area contributed by atoms with Crippen molar-refractivity contribution in [3.63, 3.8) is 0 Å². The van der Waals surface area contributed by atoms with Crippen LogP contribution in [0.2, 0.25) is 10.0 Å². The number of hydrogen-bond donors (Lipinski definition) is 2. The molecule has 0 radical (unpaired) electrons. The molecule has 3 aromatic rings. The number of phenols is 1. The van der Waals surface area contributed by atoms with E-state index >= 15 is 0 Å². The molecular formula is C24H22Cl2FNO4. The number of carbonyl (C=O) groups excluding carboxylic acids is 1. The lowest BCUT2D eigenvalue weighted by atomic mass is 9.86. The van der Waals surface area contributed by atoms with Crippen LogP contribution in [-0.4, -0.2) is 26.7 Å². The lowest BCUT2D eigenvalue weighted by molar-refractivity contribution is -0.139. The normalized spacial score (nSPS) is 15.4. The van der Waals surface area contributed by atoms with Crippen molar-refractivity contribution < 1.29 is 24.2 Å². The Kier molecular flexibility index (Phi) is 6.19. The number of aromatic hydroxyl groups is 1. The van der Waals surface area contributed by atoms with E-state index in [1.54, 1.807) is 6.92 Å². The standard InChI is InChI=1S/C24H22Cl2FNO4/c1-12-22(16(24(31)32)8-13-4-2-3-5-13)15-10-21(29)19(27)11-20(15)28(12)23(30)14-6-7-17(25)18(26)9-14/h6-7,9-11,13,16,29H,2-5,8H2,1H3,(H,31,32)/t16-/m0/s1. The molecule has 0 unspecified atom stereocenters. The van der Waals surface area contributed by atoms with E-state index in [-0.39, 0.29) is 27.0 Å². The molecule has 1 aromatic heterocycles. The Balaban J connectivity index is 1.92. The molecule has 5 nitrogen and oxygen atoms in total. The summed E-state index contributed by atoms with van der Waals surface area (Å²) in [5.41, 5.74) is 1.23. The second-order valence-electron chi connectivity index (χ2n) is 8.37. The molecule has 1 aliphatic carbocycles. The Morgan fingerprint density at radius 1 is 1.16 bits per heavy atom. The molecule has 1 saturated carbocycles. The van der Waals surface area contributed by atoms with Crippen LogP contribution in [0.3, 0.4) is 0 Å². The molecule has 0 amide bonds. The summed E-state index contributed by atoms with van der Waals surface area (Å²) < 4.78 is 15.6. The van der Waals surface area contributed by atoms with Gasteiger partial charge in [0.25, 0.3) is 5.91 Å². The zero-order valence-corrected chi connectivity index (χ0v) is 18.9. The van der Waals surface area contributed by atoms with Crippen LogP contribution in [0.25, 0.3) is 10.9 Å². The molecule has 2 aromatic carbocycles. The lowest BCUT2D eigenvalue weighted by Crippen LogP contribution is -2.18. The van der Waals surface area contributed by atoms with E-state index in [9.17, 15) is 24.2 Å². The van der Waals surface area contributed by atoms with Crippen LogP contribution < -0.4 is 0 Å². The number of phenolic OH excluding ortho intramolecular Hbond substituents is 1. The summed E-state index contributed by atoms with van der Waals surface area (Å²) >= 11 is 12.0. The maximum Gasteiger partial charge on any atom is 0.311 e. The fraction of sp³-hybridized carbons (Fsp3) is 0.333. The van der Waals surface area contributed by atoms with Crippen LogP contribution in [0.5, 0.6) is 5.75 Å². The second-order valence-corrected chi connectivity index (χ2v) is 9.18. The number of benzene rings is 2. The van der Waals surface area contributed by atoms with Crippen molar-refractivity contribution in [3.05, 3.63) is 63.0 Å². The lowest BCUT2D eigenvalue weighted by Gasteiger charge is -2.18. The molecule has 8 heteroatoms. The minimum atomic E-state index is -1.01. The molecular weight excluding hydrogens is 456 g/mol. The highest BCUT2D eigenvalue weighted by Crippen LogP contribution is 2.41. The monoisotopic (exact) mass is 477 g/mol. The zero-order chi connectivity index (χ0) is 23.2.